The zero-order valence-corrected chi connectivity index (χ0v) is 9.50. The van der Waals surface area contributed by atoms with Crippen molar-refractivity contribution >= 4 is 17.2 Å². The number of ether oxygens (including phenoxy) is 1. The molecule has 4 heteroatoms. The summed E-state index contributed by atoms with van der Waals surface area (Å²) in [5.41, 5.74) is 0. The second-order valence-corrected chi connectivity index (χ2v) is 4.11. The molecule has 14 heavy (non-hydrogen) atoms. The summed E-state index contributed by atoms with van der Waals surface area (Å²) < 4.78 is 4.80. The highest BCUT2D eigenvalue weighted by atomic mass is 32.1. The van der Waals surface area contributed by atoms with E-state index in [0.717, 1.165) is 0 Å². The quantitative estimate of drug-likeness (QED) is 0.764. The van der Waals surface area contributed by atoms with Gasteiger partial charge in [-0.1, -0.05) is 6.07 Å². The lowest BCUT2D eigenvalue weighted by Gasteiger charge is -2.23. The summed E-state index contributed by atoms with van der Waals surface area (Å²) in [4.78, 5) is 14.4. The van der Waals surface area contributed by atoms with Crippen LogP contribution in [-0.4, -0.2) is 31.6 Å². The highest BCUT2D eigenvalue weighted by molar-refractivity contribution is 7.10. The smallest absolute Gasteiger partial charge is 0.248 e. The van der Waals surface area contributed by atoms with Crippen LogP contribution < -0.4 is 0 Å². The van der Waals surface area contributed by atoms with Crippen molar-refractivity contribution < 1.29 is 9.53 Å². The largest absolute Gasteiger partial charge is 0.375 e. The predicted octanol–water partition coefficient (Wildman–Crippen LogP) is 1.91. The monoisotopic (exact) mass is 213 g/mol. The highest BCUT2D eigenvalue weighted by Crippen LogP contribution is 2.23. The zero-order valence-electron chi connectivity index (χ0n) is 8.69. The van der Waals surface area contributed by atoms with Crippen LogP contribution in [0.3, 0.4) is 0 Å². The van der Waals surface area contributed by atoms with E-state index in [0.29, 0.717) is 0 Å². The number of methoxy groups -OCH3 is 1. The molecule has 0 bridgehead atoms. The van der Waals surface area contributed by atoms with Crippen molar-refractivity contribution in [1.29, 1.82) is 0 Å². The van der Waals surface area contributed by atoms with Crippen molar-refractivity contribution in [3.63, 3.8) is 0 Å². The summed E-state index contributed by atoms with van der Waals surface area (Å²) in [7, 11) is 3.33. The van der Waals surface area contributed by atoms with E-state index in [1.807, 2.05) is 24.4 Å². The van der Waals surface area contributed by atoms with Crippen LogP contribution in [0.2, 0.25) is 0 Å². The Kier molecular flexibility index (Phi) is 4.10. The Labute approximate surface area is 88.3 Å². The van der Waals surface area contributed by atoms with Gasteiger partial charge in [-0.3, -0.25) is 4.79 Å². The summed E-state index contributed by atoms with van der Waals surface area (Å²) in [5.74, 6) is 0.00778. The number of likely N-dealkylation sites (N-methyl/N-ethyl adjacent to an activating group) is 1. The Hall–Kier alpha value is -0.870. The second kappa shape index (κ2) is 5.12. The average Bonchev–Trinajstić information content (AvgIpc) is 2.68. The number of amides is 1. The van der Waals surface area contributed by atoms with Gasteiger partial charge >= 0.3 is 0 Å². The van der Waals surface area contributed by atoms with Gasteiger partial charge in [-0.25, -0.2) is 0 Å². The lowest BCUT2D eigenvalue weighted by atomic mass is 10.2. The molecule has 1 heterocycles. The molecule has 78 valence electrons. The van der Waals surface area contributed by atoms with E-state index in [1.54, 1.807) is 23.3 Å². The van der Waals surface area contributed by atoms with Gasteiger partial charge in [-0.2, -0.15) is 0 Å². The highest BCUT2D eigenvalue weighted by Gasteiger charge is 2.17. The van der Waals surface area contributed by atoms with Crippen LogP contribution in [0.5, 0.6) is 0 Å². The number of carbonyl (C=O) groups excluding carboxylic acids is 1. The molecule has 0 aliphatic carbocycles. The van der Waals surface area contributed by atoms with E-state index in [9.17, 15) is 4.79 Å². The molecule has 0 aliphatic heterocycles. The number of carbonyl (C=O) groups is 1. The van der Waals surface area contributed by atoms with Crippen LogP contribution in [0, 0.1) is 0 Å². The van der Waals surface area contributed by atoms with Crippen LogP contribution >= 0.6 is 11.3 Å². The van der Waals surface area contributed by atoms with E-state index in [2.05, 4.69) is 0 Å². The summed E-state index contributed by atoms with van der Waals surface area (Å²) in [6.45, 7) is 2.16. The van der Waals surface area contributed by atoms with Crippen molar-refractivity contribution in [2.24, 2.45) is 0 Å². The molecule has 0 N–H and O–H groups in total. The maximum Gasteiger partial charge on any atom is 0.248 e. The molecule has 1 amide bonds. The maximum absolute atomic E-state index is 11.5. The number of hydrogen-bond donors (Lipinski definition) is 0. The average molecular weight is 213 g/mol. The number of nitrogens with zero attached hydrogens (tertiary/aromatic N) is 1. The molecule has 1 atom stereocenters. The van der Waals surface area contributed by atoms with Gasteiger partial charge in [-0.05, 0) is 18.4 Å². The third-order valence-corrected chi connectivity index (χ3v) is 3.24. The van der Waals surface area contributed by atoms with Crippen LogP contribution in [0.15, 0.2) is 17.5 Å². The van der Waals surface area contributed by atoms with Crippen molar-refractivity contribution in [1.82, 2.24) is 4.90 Å². The minimum absolute atomic E-state index is 0.00778. The molecule has 1 aromatic rings. The van der Waals surface area contributed by atoms with Gasteiger partial charge < -0.3 is 9.64 Å². The summed E-state index contributed by atoms with van der Waals surface area (Å²) in [6, 6.07) is 4.15. The van der Waals surface area contributed by atoms with Gasteiger partial charge in [0, 0.05) is 19.0 Å². The standard InChI is InChI=1S/C10H15NO2S/c1-8(9-5-4-6-14-9)11(2)10(12)7-13-3/h4-6,8H,7H2,1-3H3/t8-/m1/s1. The lowest BCUT2D eigenvalue weighted by Crippen LogP contribution is -2.32. The molecule has 1 aromatic heterocycles. The Morgan fingerprint density at radius 2 is 2.43 bits per heavy atom. The lowest BCUT2D eigenvalue weighted by molar-refractivity contribution is -0.135. The molecule has 0 spiro atoms. The van der Waals surface area contributed by atoms with Gasteiger partial charge in [0.15, 0.2) is 0 Å². The van der Waals surface area contributed by atoms with Crippen molar-refractivity contribution in [3.8, 4) is 0 Å². The van der Waals surface area contributed by atoms with Crippen LogP contribution in [-0.2, 0) is 9.53 Å². The zero-order chi connectivity index (χ0) is 10.6. The minimum atomic E-state index is 0.00778. The molecule has 0 fully saturated rings. The minimum Gasteiger partial charge on any atom is -0.375 e. The molecule has 0 aliphatic rings. The predicted molar refractivity (Wildman–Crippen MR) is 57.4 cm³/mol. The molecule has 0 unspecified atom stereocenters. The SMILES string of the molecule is COCC(=O)N(C)[C@H](C)c1cccs1. The van der Waals surface area contributed by atoms with Crippen LogP contribution in [0.1, 0.15) is 17.8 Å². The van der Waals surface area contributed by atoms with Gasteiger partial charge in [-0.15, -0.1) is 11.3 Å². The Bertz CT molecular complexity index is 284. The number of hydrogen-bond acceptors (Lipinski definition) is 3. The normalized spacial score (nSPS) is 12.5. The van der Waals surface area contributed by atoms with Crippen molar-refractivity contribution in [2.75, 3.05) is 20.8 Å². The van der Waals surface area contributed by atoms with Gasteiger partial charge in [0.25, 0.3) is 0 Å². The van der Waals surface area contributed by atoms with E-state index >= 15 is 0 Å². The van der Waals surface area contributed by atoms with Gasteiger partial charge in [0.05, 0.1) is 6.04 Å². The van der Waals surface area contributed by atoms with E-state index in [1.165, 1.54) is 12.0 Å². The molecule has 0 saturated heterocycles. The van der Waals surface area contributed by atoms with Crippen molar-refractivity contribution in [3.05, 3.63) is 22.4 Å². The first-order valence-corrected chi connectivity index (χ1v) is 5.32. The van der Waals surface area contributed by atoms with Gasteiger partial charge in [0.1, 0.15) is 6.61 Å². The molecular formula is C10H15NO2S. The maximum atomic E-state index is 11.5. The summed E-state index contributed by atoms with van der Waals surface area (Å²) in [5, 5.41) is 2.01. The van der Waals surface area contributed by atoms with Crippen LogP contribution in [0.4, 0.5) is 0 Å². The molecule has 0 saturated carbocycles. The molecular weight excluding hydrogens is 198 g/mol. The second-order valence-electron chi connectivity index (χ2n) is 3.13. The number of rotatable bonds is 4. The van der Waals surface area contributed by atoms with E-state index < -0.39 is 0 Å². The Morgan fingerprint density at radius 3 is 2.93 bits per heavy atom. The van der Waals surface area contributed by atoms with E-state index in [4.69, 9.17) is 4.74 Å². The molecule has 1 rings (SSSR count). The fourth-order valence-corrected chi connectivity index (χ4v) is 1.99. The van der Waals surface area contributed by atoms with Crippen LogP contribution in [0.25, 0.3) is 0 Å². The molecule has 0 aromatic carbocycles. The third kappa shape index (κ3) is 2.56. The third-order valence-electron chi connectivity index (χ3n) is 2.20. The van der Waals surface area contributed by atoms with Gasteiger partial charge in [0.2, 0.25) is 5.91 Å². The fourth-order valence-electron chi connectivity index (χ4n) is 1.16. The number of thiophene rings is 1. The Morgan fingerprint density at radius 1 is 1.71 bits per heavy atom. The summed E-state index contributed by atoms with van der Waals surface area (Å²) in [6.07, 6.45) is 0. The molecule has 3 nitrogen and oxygen atoms in total. The topological polar surface area (TPSA) is 29.5 Å². The first kappa shape index (κ1) is 11.2. The molecule has 0 radical (unpaired) electrons. The van der Waals surface area contributed by atoms with E-state index in [-0.39, 0.29) is 18.6 Å². The first-order valence-electron chi connectivity index (χ1n) is 4.44. The summed E-state index contributed by atoms with van der Waals surface area (Å²) >= 11 is 1.66. The fraction of sp³-hybridized carbons (Fsp3) is 0.500. The van der Waals surface area contributed by atoms with Crippen molar-refractivity contribution in [2.45, 2.75) is 13.0 Å². The first-order chi connectivity index (χ1) is 6.66. The Balaban J connectivity index is 2.61.